The van der Waals surface area contributed by atoms with Crippen LogP contribution in [0.3, 0.4) is 0 Å². The Hall–Kier alpha value is -2.88. The number of benzene rings is 1. The minimum absolute atomic E-state index is 0.0346. The summed E-state index contributed by atoms with van der Waals surface area (Å²) in [5, 5.41) is 8.59. The lowest BCUT2D eigenvalue weighted by Crippen LogP contribution is -2.49. The molecule has 0 unspecified atom stereocenters. The number of halogens is 4. The summed E-state index contributed by atoms with van der Waals surface area (Å²) >= 11 is 6.20. The molecule has 174 valence electrons. The van der Waals surface area contributed by atoms with E-state index in [4.69, 9.17) is 11.6 Å². The van der Waals surface area contributed by atoms with Gasteiger partial charge >= 0.3 is 6.18 Å². The first-order chi connectivity index (χ1) is 15.7. The fourth-order valence-corrected chi connectivity index (χ4v) is 5.07. The van der Waals surface area contributed by atoms with Crippen molar-refractivity contribution in [3.05, 3.63) is 47.1 Å². The maximum Gasteiger partial charge on any atom is 0.451 e. The SMILES string of the molecule is C[C@H]1CN(c2ccnc3ccc(Cl)cc23)CC[C@H]1C(=O)N1CCn2c(nnc2C(F)(F)F)C1. The molecule has 2 aromatic heterocycles. The molecule has 3 aromatic rings. The standard InChI is InChI=1S/C22H22ClF3N6O/c1-13-11-30(18-4-6-27-17-3-2-14(23)10-16(17)18)7-5-15(13)20(33)31-8-9-32-19(12-31)28-29-21(32)22(24,25)26/h2-4,6,10,13,15H,5,7-9,11-12H2,1H3/t13-,15+/m0/s1. The molecule has 2 aliphatic rings. The van der Waals surface area contributed by atoms with Gasteiger partial charge < -0.3 is 14.4 Å². The van der Waals surface area contributed by atoms with E-state index in [0.29, 0.717) is 24.5 Å². The second-order valence-electron chi connectivity index (χ2n) is 8.66. The molecular formula is C22H22ClF3N6O. The molecule has 11 heteroatoms. The lowest BCUT2D eigenvalue weighted by atomic mass is 9.85. The van der Waals surface area contributed by atoms with Gasteiger partial charge in [0.25, 0.3) is 0 Å². The number of aromatic nitrogens is 4. The fraction of sp³-hybridized carbons (Fsp3) is 0.455. The third kappa shape index (κ3) is 4.01. The first-order valence-electron chi connectivity index (χ1n) is 10.8. The number of amides is 1. The predicted octanol–water partition coefficient (Wildman–Crippen LogP) is 4.00. The number of fused-ring (bicyclic) bond motifs is 2. The molecule has 1 fully saturated rings. The summed E-state index contributed by atoms with van der Waals surface area (Å²) < 4.78 is 40.3. The number of hydrogen-bond donors (Lipinski definition) is 0. The number of rotatable bonds is 2. The zero-order valence-electron chi connectivity index (χ0n) is 17.9. The smallest absolute Gasteiger partial charge is 0.371 e. The van der Waals surface area contributed by atoms with E-state index in [0.717, 1.165) is 21.2 Å². The van der Waals surface area contributed by atoms with Gasteiger partial charge in [0, 0.05) is 54.4 Å². The van der Waals surface area contributed by atoms with Crippen LogP contribution in [0, 0.1) is 11.8 Å². The molecule has 0 aliphatic carbocycles. The second-order valence-corrected chi connectivity index (χ2v) is 9.10. The summed E-state index contributed by atoms with van der Waals surface area (Å²) in [5.74, 6) is -0.996. The third-order valence-electron chi connectivity index (χ3n) is 6.56. The van der Waals surface area contributed by atoms with Crippen molar-refractivity contribution in [2.24, 2.45) is 11.8 Å². The average molecular weight is 479 g/mol. The van der Waals surface area contributed by atoms with E-state index >= 15 is 0 Å². The second kappa shape index (κ2) is 8.16. The molecule has 4 heterocycles. The van der Waals surface area contributed by atoms with Crippen molar-refractivity contribution in [3.63, 3.8) is 0 Å². The molecule has 2 aliphatic heterocycles. The molecule has 5 rings (SSSR count). The monoisotopic (exact) mass is 478 g/mol. The molecule has 1 aromatic carbocycles. The fourth-order valence-electron chi connectivity index (χ4n) is 4.90. The van der Waals surface area contributed by atoms with Crippen LogP contribution in [0.1, 0.15) is 25.0 Å². The number of piperidine rings is 1. The largest absolute Gasteiger partial charge is 0.451 e. The Labute approximate surface area is 193 Å². The molecular weight excluding hydrogens is 457 g/mol. The normalized spacial score (nSPS) is 21.4. The molecule has 33 heavy (non-hydrogen) atoms. The highest BCUT2D eigenvalue weighted by atomic mass is 35.5. The van der Waals surface area contributed by atoms with Crippen LogP contribution in [0.5, 0.6) is 0 Å². The Kier molecular flexibility index (Phi) is 5.43. The van der Waals surface area contributed by atoms with Crippen LogP contribution in [0.4, 0.5) is 18.9 Å². The van der Waals surface area contributed by atoms with Crippen LogP contribution in [0.15, 0.2) is 30.5 Å². The quantitative estimate of drug-likeness (QED) is 0.557. The van der Waals surface area contributed by atoms with E-state index in [-0.39, 0.29) is 43.2 Å². The molecule has 1 saturated heterocycles. The number of pyridine rings is 1. The Bertz CT molecular complexity index is 1210. The van der Waals surface area contributed by atoms with Crippen molar-refractivity contribution in [2.45, 2.75) is 32.6 Å². The number of alkyl halides is 3. The highest BCUT2D eigenvalue weighted by molar-refractivity contribution is 6.31. The van der Waals surface area contributed by atoms with E-state index in [2.05, 4.69) is 20.1 Å². The zero-order valence-corrected chi connectivity index (χ0v) is 18.6. The molecule has 2 atom stereocenters. The number of carbonyl (C=O) groups excluding carboxylic acids is 1. The summed E-state index contributed by atoms with van der Waals surface area (Å²) in [7, 11) is 0. The van der Waals surface area contributed by atoms with E-state index in [1.807, 2.05) is 31.2 Å². The third-order valence-corrected chi connectivity index (χ3v) is 6.80. The highest BCUT2D eigenvalue weighted by Gasteiger charge is 2.41. The van der Waals surface area contributed by atoms with Crippen LogP contribution >= 0.6 is 11.6 Å². The van der Waals surface area contributed by atoms with Gasteiger partial charge in [-0.15, -0.1) is 10.2 Å². The van der Waals surface area contributed by atoms with Gasteiger partial charge in [-0.3, -0.25) is 9.78 Å². The average Bonchev–Trinajstić information content (AvgIpc) is 3.22. The first-order valence-corrected chi connectivity index (χ1v) is 11.2. The molecule has 0 saturated carbocycles. The minimum atomic E-state index is -4.56. The number of hydrogen-bond acceptors (Lipinski definition) is 5. The maximum atomic E-state index is 13.3. The van der Waals surface area contributed by atoms with Crippen LogP contribution in [0.25, 0.3) is 10.9 Å². The number of nitrogens with zero attached hydrogens (tertiary/aromatic N) is 6. The topological polar surface area (TPSA) is 67.2 Å². The first kappa shape index (κ1) is 21.9. The Morgan fingerprint density at radius 1 is 1.15 bits per heavy atom. The predicted molar refractivity (Wildman–Crippen MR) is 117 cm³/mol. The summed E-state index contributed by atoms with van der Waals surface area (Å²) in [6.07, 6.45) is -2.13. The van der Waals surface area contributed by atoms with E-state index in [1.165, 1.54) is 0 Å². The number of carbonyl (C=O) groups is 1. The van der Waals surface area contributed by atoms with Gasteiger partial charge in [-0.25, -0.2) is 0 Å². The van der Waals surface area contributed by atoms with Crippen molar-refractivity contribution in [1.82, 2.24) is 24.6 Å². The molecule has 0 spiro atoms. The minimum Gasteiger partial charge on any atom is -0.371 e. The number of anilines is 1. The van der Waals surface area contributed by atoms with Crippen molar-refractivity contribution in [2.75, 3.05) is 24.5 Å². The molecule has 0 radical (unpaired) electrons. The van der Waals surface area contributed by atoms with Gasteiger partial charge in [0.15, 0.2) is 5.82 Å². The van der Waals surface area contributed by atoms with Gasteiger partial charge in [-0.05, 0) is 36.6 Å². The van der Waals surface area contributed by atoms with E-state index < -0.39 is 12.0 Å². The lowest BCUT2D eigenvalue weighted by Gasteiger charge is -2.40. The lowest BCUT2D eigenvalue weighted by molar-refractivity contribution is -0.148. The van der Waals surface area contributed by atoms with Gasteiger partial charge in [0.05, 0.1) is 12.1 Å². The molecule has 0 bridgehead atoms. The molecule has 1 amide bonds. The maximum absolute atomic E-state index is 13.3. The van der Waals surface area contributed by atoms with Crippen LogP contribution in [-0.4, -0.2) is 50.2 Å². The van der Waals surface area contributed by atoms with Crippen LogP contribution in [-0.2, 0) is 24.1 Å². The van der Waals surface area contributed by atoms with Crippen molar-refractivity contribution in [3.8, 4) is 0 Å². The van der Waals surface area contributed by atoms with Gasteiger partial charge in [-0.2, -0.15) is 13.2 Å². The van der Waals surface area contributed by atoms with Crippen LogP contribution in [0.2, 0.25) is 5.02 Å². The van der Waals surface area contributed by atoms with Crippen molar-refractivity contribution < 1.29 is 18.0 Å². The van der Waals surface area contributed by atoms with Gasteiger partial charge in [0.1, 0.15) is 0 Å². The molecule has 7 nitrogen and oxygen atoms in total. The highest BCUT2D eigenvalue weighted by Crippen LogP contribution is 2.34. The Morgan fingerprint density at radius 2 is 1.97 bits per heavy atom. The van der Waals surface area contributed by atoms with Gasteiger partial charge in [-0.1, -0.05) is 18.5 Å². The van der Waals surface area contributed by atoms with Crippen molar-refractivity contribution in [1.29, 1.82) is 0 Å². The summed E-state index contributed by atoms with van der Waals surface area (Å²) in [6.45, 7) is 3.72. The van der Waals surface area contributed by atoms with E-state index in [1.54, 1.807) is 11.1 Å². The zero-order chi connectivity index (χ0) is 23.3. The van der Waals surface area contributed by atoms with Crippen molar-refractivity contribution >= 4 is 34.1 Å². The van der Waals surface area contributed by atoms with E-state index in [9.17, 15) is 18.0 Å². The van der Waals surface area contributed by atoms with Crippen LogP contribution < -0.4 is 4.90 Å². The Balaban J connectivity index is 1.30. The molecule has 0 N–H and O–H groups in total. The van der Waals surface area contributed by atoms with Gasteiger partial charge in [0.2, 0.25) is 11.7 Å². The summed E-state index contributed by atoms with van der Waals surface area (Å²) in [6, 6.07) is 7.56. The summed E-state index contributed by atoms with van der Waals surface area (Å²) in [5.41, 5.74) is 1.89. The summed E-state index contributed by atoms with van der Waals surface area (Å²) in [4.78, 5) is 21.5. The Morgan fingerprint density at radius 3 is 2.73 bits per heavy atom.